The third-order valence-corrected chi connectivity index (χ3v) is 13.6. The zero-order valence-corrected chi connectivity index (χ0v) is 33.0. The number of carbonyl (C=O) groups is 1. The van der Waals surface area contributed by atoms with Crippen molar-refractivity contribution in [2.24, 2.45) is 11.8 Å². The van der Waals surface area contributed by atoms with Crippen LogP contribution >= 0.6 is 11.6 Å². The van der Waals surface area contributed by atoms with Gasteiger partial charge in [0.2, 0.25) is 0 Å². The number of halogens is 1. The largest absolute Gasteiger partial charge is 0.493 e. The number of aryl methyl sites for hydroxylation is 1. The average Bonchev–Trinajstić information content (AvgIpc) is 3.28. The van der Waals surface area contributed by atoms with Crippen LogP contribution in [0.4, 0.5) is 5.69 Å². The van der Waals surface area contributed by atoms with Gasteiger partial charge in [-0.3, -0.25) is 9.88 Å². The molecule has 1 spiro atoms. The number of carboxylic acids is 1. The van der Waals surface area contributed by atoms with E-state index in [-0.39, 0.29) is 11.5 Å². The Kier molecular flexibility index (Phi) is 10.8. The van der Waals surface area contributed by atoms with E-state index >= 15 is 0 Å². The predicted molar refractivity (Wildman–Crippen MR) is 213 cm³/mol. The Labute approximate surface area is 325 Å². The lowest BCUT2D eigenvalue weighted by atomic mass is 9.59. The summed E-state index contributed by atoms with van der Waals surface area (Å²) in [6, 6.07) is 14.0. The molecule has 10 heteroatoms. The van der Waals surface area contributed by atoms with E-state index in [9.17, 15) is 9.90 Å². The van der Waals surface area contributed by atoms with Gasteiger partial charge in [-0.2, -0.15) is 0 Å². The highest BCUT2D eigenvalue weighted by molar-refractivity contribution is 6.30. The number of likely N-dealkylation sites (N-methyl/N-ethyl adjacent to an activating group) is 1. The first-order chi connectivity index (χ1) is 26.1. The van der Waals surface area contributed by atoms with Crippen LogP contribution in [-0.4, -0.2) is 90.5 Å². The number of ether oxygens (including phenoxy) is 3. The normalized spacial score (nSPS) is 28.9. The minimum atomic E-state index is -1.08. The van der Waals surface area contributed by atoms with E-state index in [1.165, 1.54) is 35.2 Å². The Bertz CT molecular complexity index is 1820. The fraction of sp³-hybridized carbons (Fsp3) is 0.591. The van der Waals surface area contributed by atoms with Crippen LogP contribution in [0.3, 0.4) is 0 Å². The Balaban J connectivity index is 1.05. The molecule has 0 radical (unpaired) electrons. The smallest absolute Gasteiger partial charge is 0.329 e. The predicted octanol–water partition coefficient (Wildman–Crippen LogP) is 7.98. The number of rotatable bonds is 10. The molecule has 8 rings (SSSR count). The van der Waals surface area contributed by atoms with Crippen molar-refractivity contribution in [3.63, 3.8) is 0 Å². The lowest BCUT2D eigenvalue weighted by molar-refractivity contribution is -0.144. The highest BCUT2D eigenvalue weighted by Crippen LogP contribution is 2.58. The SMILES string of the molecule is C[C@@H](COc1ccnc2c1[C@H](C)CCC2)C[C@H]1Cc2cc3c(cc2C12CCC(Nc1cccc(Cl)c1)(C(=O)O)CC2)O[C@H](CN1CCN(C)CC1)CCO3. The molecule has 2 fully saturated rings. The monoisotopic (exact) mass is 756 g/mol. The van der Waals surface area contributed by atoms with E-state index in [2.05, 4.69) is 48.1 Å². The maximum Gasteiger partial charge on any atom is 0.329 e. The van der Waals surface area contributed by atoms with Gasteiger partial charge in [-0.05, 0) is 136 Å². The van der Waals surface area contributed by atoms with E-state index in [1.807, 2.05) is 36.5 Å². The zero-order valence-electron chi connectivity index (χ0n) is 32.2. The number of aromatic nitrogens is 1. The fourth-order valence-electron chi connectivity index (χ4n) is 10.3. The van der Waals surface area contributed by atoms with Gasteiger partial charge in [-0.1, -0.05) is 31.5 Å². The zero-order chi connectivity index (χ0) is 37.5. The second kappa shape index (κ2) is 15.5. The van der Waals surface area contributed by atoms with E-state index in [0.29, 0.717) is 48.8 Å². The number of piperazine rings is 1. The van der Waals surface area contributed by atoms with Gasteiger partial charge in [-0.15, -0.1) is 0 Å². The van der Waals surface area contributed by atoms with Gasteiger partial charge >= 0.3 is 5.97 Å². The lowest BCUT2D eigenvalue weighted by Gasteiger charge is -2.47. The van der Waals surface area contributed by atoms with Crippen LogP contribution in [-0.2, 0) is 23.1 Å². The van der Waals surface area contributed by atoms with Gasteiger partial charge in [0.15, 0.2) is 11.5 Å². The van der Waals surface area contributed by atoms with Gasteiger partial charge in [0.25, 0.3) is 0 Å². The molecule has 54 heavy (non-hydrogen) atoms. The molecule has 0 amide bonds. The Morgan fingerprint density at radius 1 is 1.09 bits per heavy atom. The molecule has 2 aromatic carbocycles. The Morgan fingerprint density at radius 3 is 2.69 bits per heavy atom. The number of nitrogens with zero attached hydrogens (tertiary/aromatic N) is 3. The first kappa shape index (κ1) is 37.4. The molecule has 2 N–H and O–H groups in total. The molecule has 1 saturated carbocycles. The number of aliphatic carboxylic acids is 1. The van der Waals surface area contributed by atoms with E-state index < -0.39 is 11.5 Å². The third-order valence-electron chi connectivity index (χ3n) is 13.4. The van der Waals surface area contributed by atoms with Crippen molar-refractivity contribution in [1.29, 1.82) is 0 Å². The molecule has 1 saturated heterocycles. The summed E-state index contributed by atoms with van der Waals surface area (Å²) in [5.74, 6) is 2.96. The molecule has 0 unspecified atom stereocenters. The molecule has 3 heterocycles. The van der Waals surface area contributed by atoms with Gasteiger partial charge in [0.1, 0.15) is 17.4 Å². The third kappa shape index (κ3) is 7.53. The molecular formula is C44H57ClN4O5. The number of hydrogen-bond donors (Lipinski definition) is 2. The summed E-state index contributed by atoms with van der Waals surface area (Å²) >= 11 is 6.33. The summed E-state index contributed by atoms with van der Waals surface area (Å²) in [5, 5.41) is 14.8. The number of nitrogens with one attached hydrogen (secondary N) is 1. The number of hydrogen-bond acceptors (Lipinski definition) is 8. The standard InChI is InChI=1S/C44H57ClN4O5/c1-29(28-53-38-10-16-46-37-9-4-6-30(2)41(37)38)22-32-23-31-24-39-40(54-35(11-21-52-39)27-49-19-17-48(3)18-20-49)26-36(31)43(32)12-14-44(15-13-43,42(50)51)47-34-8-5-7-33(45)25-34/h5,7-8,10,16,24-26,29-30,32,35,47H,4,6,9,11-15,17-23,27-28H2,1-3H3,(H,50,51)/t29-,30-,32+,35+,43?,44?/m1/s1. The minimum absolute atomic E-state index is 0.0626. The van der Waals surface area contributed by atoms with Gasteiger partial charge < -0.3 is 29.5 Å². The van der Waals surface area contributed by atoms with E-state index in [0.717, 1.165) is 94.2 Å². The summed E-state index contributed by atoms with van der Waals surface area (Å²) in [7, 11) is 2.19. The molecule has 0 bridgehead atoms. The van der Waals surface area contributed by atoms with Crippen LogP contribution in [0.15, 0.2) is 48.7 Å². The second-order valence-corrected chi connectivity index (χ2v) is 17.6. The quantitative estimate of drug-likeness (QED) is 0.214. The molecule has 1 aromatic heterocycles. The first-order valence-corrected chi connectivity index (χ1v) is 20.7. The molecule has 5 aliphatic rings. The van der Waals surface area contributed by atoms with Crippen LogP contribution in [0, 0.1) is 11.8 Å². The Hall–Kier alpha value is -3.53. The van der Waals surface area contributed by atoms with Gasteiger partial charge in [-0.25, -0.2) is 4.79 Å². The van der Waals surface area contributed by atoms with Crippen molar-refractivity contribution in [2.45, 2.75) is 101 Å². The summed E-state index contributed by atoms with van der Waals surface area (Å²) in [5.41, 5.74) is 4.60. The lowest BCUT2D eigenvalue weighted by Crippen LogP contribution is -2.53. The number of pyridine rings is 1. The molecule has 4 atom stereocenters. The topological polar surface area (TPSA) is 96.4 Å². The van der Waals surface area contributed by atoms with Crippen molar-refractivity contribution in [3.8, 4) is 17.2 Å². The highest BCUT2D eigenvalue weighted by atomic mass is 35.5. The Morgan fingerprint density at radius 2 is 1.91 bits per heavy atom. The second-order valence-electron chi connectivity index (χ2n) is 17.1. The molecular weight excluding hydrogens is 700 g/mol. The fourth-order valence-corrected chi connectivity index (χ4v) is 10.5. The number of fused-ring (bicyclic) bond motifs is 4. The summed E-state index contributed by atoms with van der Waals surface area (Å²) in [4.78, 5) is 22.7. The molecule has 3 aromatic rings. The van der Waals surface area contributed by atoms with Gasteiger partial charge in [0, 0.05) is 67.3 Å². The van der Waals surface area contributed by atoms with E-state index in [4.69, 9.17) is 30.8 Å². The van der Waals surface area contributed by atoms with Gasteiger partial charge in [0.05, 0.1) is 13.2 Å². The molecule has 290 valence electrons. The number of benzene rings is 2. The molecule has 3 aliphatic carbocycles. The van der Waals surface area contributed by atoms with Crippen LogP contribution < -0.4 is 19.5 Å². The number of anilines is 1. The first-order valence-electron chi connectivity index (χ1n) is 20.4. The van der Waals surface area contributed by atoms with Crippen molar-refractivity contribution < 1.29 is 24.1 Å². The maximum atomic E-state index is 13.1. The maximum absolute atomic E-state index is 13.1. The van der Waals surface area contributed by atoms with Crippen molar-refractivity contribution >= 4 is 23.3 Å². The molecule has 2 aliphatic heterocycles. The molecule has 9 nitrogen and oxygen atoms in total. The summed E-state index contributed by atoms with van der Waals surface area (Å²) in [6.07, 6.45) is 10.7. The summed E-state index contributed by atoms with van der Waals surface area (Å²) < 4.78 is 19.9. The van der Waals surface area contributed by atoms with Crippen molar-refractivity contribution in [2.75, 3.05) is 58.3 Å². The van der Waals surface area contributed by atoms with Crippen molar-refractivity contribution in [3.05, 3.63) is 76.1 Å². The van der Waals surface area contributed by atoms with Crippen LogP contribution in [0.2, 0.25) is 5.02 Å². The minimum Gasteiger partial charge on any atom is -0.493 e. The van der Waals surface area contributed by atoms with Crippen LogP contribution in [0.5, 0.6) is 17.2 Å². The van der Waals surface area contributed by atoms with Crippen LogP contribution in [0.25, 0.3) is 0 Å². The average molecular weight is 757 g/mol. The van der Waals surface area contributed by atoms with E-state index in [1.54, 1.807) is 0 Å². The van der Waals surface area contributed by atoms with Crippen LogP contribution in [0.1, 0.15) is 93.5 Å². The highest BCUT2D eigenvalue weighted by Gasteiger charge is 2.54. The number of carboxylic acid groups (broad SMARTS) is 1. The summed E-state index contributed by atoms with van der Waals surface area (Å²) in [6.45, 7) is 11.0. The van der Waals surface area contributed by atoms with Crippen molar-refractivity contribution in [1.82, 2.24) is 14.8 Å².